The fraction of sp³-hybridized carbons (Fsp3) is 0.571. The molecule has 1 atom stereocenters. The average Bonchev–Trinajstić information content (AvgIpc) is 3.12. The average molecular weight is 216 g/mol. The van der Waals surface area contributed by atoms with Crippen LogP contribution in [-0.4, -0.2) is 24.0 Å². The summed E-state index contributed by atoms with van der Waals surface area (Å²) in [7, 11) is 0. The number of nitrogens with two attached hydrogens (primary N) is 1. The Morgan fingerprint density at radius 3 is 2.88 bits per heavy atom. The normalized spacial score (nSPS) is 25.5. The van der Waals surface area contributed by atoms with Crippen molar-refractivity contribution in [2.45, 2.75) is 38.3 Å². The minimum atomic E-state index is 0.546. The van der Waals surface area contributed by atoms with Crippen LogP contribution in [0.15, 0.2) is 18.2 Å². The molecule has 0 saturated heterocycles. The molecule has 1 aliphatic heterocycles. The first kappa shape index (κ1) is 10.3. The van der Waals surface area contributed by atoms with Gasteiger partial charge in [-0.2, -0.15) is 0 Å². The quantitative estimate of drug-likeness (QED) is 0.819. The number of hydrogen-bond acceptors (Lipinski definition) is 2. The van der Waals surface area contributed by atoms with Gasteiger partial charge >= 0.3 is 0 Å². The molecule has 1 aromatic carbocycles. The van der Waals surface area contributed by atoms with Gasteiger partial charge in [0.25, 0.3) is 0 Å². The molecule has 2 aliphatic rings. The van der Waals surface area contributed by atoms with Crippen LogP contribution in [0, 0.1) is 6.92 Å². The Kier molecular flexibility index (Phi) is 2.49. The molecule has 16 heavy (non-hydrogen) atoms. The van der Waals surface area contributed by atoms with Crippen molar-refractivity contribution in [1.82, 2.24) is 4.90 Å². The second-order valence-corrected chi connectivity index (χ2v) is 5.24. The van der Waals surface area contributed by atoms with Gasteiger partial charge in [0.1, 0.15) is 0 Å². The second-order valence-electron chi connectivity index (χ2n) is 5.24. The summed E-state index contributed by atoms with van der Waals surface area (Å²) in [4.78, 5) is 2.63. The molecule has 2 N–H and O–H groups in total. The molecule has 1 aliphatic carbocycles. The summed E-state index contributed by atoms with van der Waals surface area (Å²) in [6.07, 6.45) is 2.77. The Bertz CT molecular complexity index is 396. The summed E-state index contributed by atoms with van der Waals surface area (Å²) in [5.41, 5.74) is 10.4. The lowest BCUT2D eigenvalue weighted by Gasteiger charge is -2.35. The van der Waals surface area contributed by atoms with Gasteiger partial charge in [0.05, 0.1) is 0 Å². The first-order valence-electron chi connectivity index (χ1n) is 6.32. The highest BCUT2D eigenvalue weighted by molar-refractivity contribution is 5.39. The van der Waals surface area contributed by atoms with Crippen LogP contribution in [-0.2, 0) is 6.54 Å². The maximum atomic E-state index is 5.92. The monoisotopic (exact) mass is 216 g/mol. The maximum absolute atomic E-state index is 5.92. The van der Waals surface area contributed by atoms with Crippen LogP contribution < -0.4 is 5.73 Å². The zero-order chi connectivity index (χ0) is 11.1. The van der Waals surface area contributed by atoms with Crippen LogP contribution in [0.4, 0.5) is 0 Å². The van der Waals surface area contributed by atoms with Gasteiger partial charge in [-0.05, 0) is 36.5 Å². The van der Waals surface area contributed by atoms with Gasteiger partial charge in [0, 0.05) is 31.6 Å². The van der Waals surface area contributed by atoms with Crippen molar-refractivity contribution in [3.8, 4) is 0 Å². The predicted octanol–water partition coefficient (Wildman–Crippen LogP) is 2.02. The van der Waals surface area contributed by atoms with Crippen LogP contribution in [0.2, 0.25) is 0 Å². The fourth-order valence-corrected chi connectivity index (χ4v) is 2.89. The topological polar surface area (TPSA) is 29.3 Å². The van der Waals surface area contributed by atoms with E-state index in [1.54, 1.807) is 0 Å². The van der Waals surface area contributed by atoms with E-state index in [0.29, 0.717) is 5.92 Å². The molecule has 1 aromatic rings. The van der Waals surface area contributed by atoms with Crippen molar-refractivity contribution in [3.63, 3.8) is 0 Å². The Morgan fingerprint density at radius 1 is 1.38 bits per heavy atom. The molecule has 2 nitrogen and oxygen atoms in total. The highest BCUT2D eigenvalue weighted by Gasteiger charge is 2.34. The van der Waals surface area contributed by atoms with Gasteiger partial charge in [-0.1, -0.05) is 18.2 Å². The molecule has 0 spiro atoms. The Labute approximate surface area is 97.4 Å². The SMILES string of the molecule is Cc1cccc2c1CN(C1CC1)CC2CN. The first-order valence-corrected chi connectivity index (χ1v) is 6.32. The van der Waals surface area contributed by atoms with Crippen LogP contribution in [0.5, 0.6) is 0 Å². The molecular formula is C14H20N2. The molecule has 2 heteroatoms. The van der Waals surface area contributed by atoms with Gasteiger partial charge in [0.2, 0.25) is 0 Å². The number of nitrogens with zero attached hydrogens (tertiary/aromatic N) is 1. The standard InChI is InChI=1S/C14H20N2/c1-10-3-2-4-13-11(7-15)8-16(9-14(10)13)12-5-6-12/h2-4,11-12H,5-9,15H2,1H3. The molecule has 1 heterocycles. The summed E-state index contributed by atoms with van der Waals surface area (Å²) >= 11 is 0. The highest BCUT2D eigenvalue weighted by Crippen LogP contribution is 2.36. The fourth-order valence-electron chi connectivity index (χ4n) is 2.89. The van der Waals surface area contributed by atoms with Gasteiger partial charge in [-0.25, -0.2) is 0 Å². The largest absolute Gasteiger partial charge is 0.330 e. The Hall–Kier alpha value is -0.860. The summed E-state index contributed by atoms with van der Waals surface area (Å²) in [6.45, 7) is 5.31. The zero-order valence-electron chi connectivity index (χ0n) is 9.95. The molecular weight excluding hydrogens is 196 g/mol. The minimum absolute atomic E-state index is 0.546. The van der Waals surface area contributed by atoms with Crippen molar-refractivity contribution in [2.24, 2.45) is 5.73 Å². The molecule has 3 rings (SSSR count). The lowest BCUT2D eigenvalue weighted by molar-refractivity contribution is 0.221. The number of aryl methyl sites for hydroxylation is 1. The van der Waals surface area contributed by atoms with E-state index in [2.05, 4.69) is 30.0 Å². The third kappa shape index (κ3) is 1.66. The smallest absolute Gasteiger partial charge is 0.0242 e. The molecule has 0 radical (unpaired) electrons. The number of benzene rings is 1. The van der Waals surface area contributed by atoms with Gasteiger partial charge in [-0.15, -0.1) is 0 Å². The molecule has 0 bridgehead atoms. The van der Waals surface area contributed by atoms with Crippen molar-refractivity contribution >= 4 is 0 Å². The summed E-state index contributed by atoms with van der Waals surface area (Å²) in [5, 5.41) is 0. The van der Waals surface area contributed by atoms with E-state index in [-0.39, 0.29) is 0 Å². The second kappa shape index (κ2) is 3.86. The van der Waals surface area contributed by atoms with E-state index in [9.17, 15) is 0 Å². The molecule has 1 fully saturated rings. The predicted molar refractivity (Wildman–Crippen MR) is 66.4 cm³/mol. The lowest BCUT2D eigenvalue weighted by Crippen LogP contribution is -2.38. The Balaban J connectivity index is 1.97. The Morgan fingerprint density at radius 2 is 2.19 bits per heavy atom. The van der Waals surface area contributed by atoms with E-state index >= 15 is 0 Å². The third-order valence-corrected chi connectivity index (χ3v) is 4.05. The number of fused-ring (bicyclic) bond motifs is 1. The number of rotatable bonds is 2. The van der Waals surface area contributed by atoms with E-state index in [1.165, 1.54) is 29.5 Å². The van der Waals surface area contributed by atoms with Crippen LogP contribution in [0.25, 0.3) is 0 Å². The van der Waals surface area contributed by atoms with Crippen LogP contribution in [0.3, 0.4) is 0 Å². The summed E-state index contributed by atoms with van der Waals surface area (Å²) < 4.78 is 0. The highest BCUT2D eigenvalue weighted by atomic mass is 15.2. The van der Waals surface area contributed by atoms with Gasteiger partial charge in [-0.3, -0.25) is 4.90 Å². The third-order valence-electron chi connectivity index (χ3n) is 4.05. The van der Waals surface area contributed by atoms with Crippen molar-refractivity contribution in [2.75, 3.05) is 13.1 Å². The van der Waals surface area contributed by atoms with E-state index < -0.39 is 0 Å². The molecule has 1 saturated carbocycles. The minimum Gasteiger partial charge on any atom is -0.330 e. The maximum Gasteiger partial charge on any atom is 0.0242 e. The van der Waals surface area contributed by atoms with Gasteiger partial charge < -0.3 is 5.73 Å². The summed E-state index contributed by atoms with van der Waals surface area (Å²) in [6, 6.07) is 7.51. The van der Waals surface area contributed by atoms with Crippen molar-refractivity contribution in [1.29, 1.82) is 0 Å². The molecule has 0 aromatic heterocycles. The summed E-state index contributed by atoms with van der Waals surface area (Å²) in [5.74, 6) is 0.546. The van der Waals surface area contributed by atoms with E-state index in [4.69, 9.17) is 5.73 Å². The molecule has 0 amide bonds. The van der Waals surface area contributed by atoms with E-state index in [0.717, 1.165) is 25.7 Å². The van der Waals surface area contributed by atoms with Crippen molar-refractivity contribution < 1.29 is 0 Å². The zero-order valence-corrected chi connectivity index (χ0v) is 9.95. The molecule has 1 unspecified atom stereocenters. The lowest BCUT2D eigenvalue weighted by atomic mass is 9.87. The number of hydrogen-bond donors (Lipinski definition) is 1. The molecule has 86 valence electrons. The van der Waals surface area contributed by atoms with Crippen LogP contribution in [0.1, 0.15) is 35.4 Å². The first-order chi connectivity index (χ1) is 7.79. The van der Waals surface area contributed by atoms with E-state index in [1.807, 2.05) is 0 Å². The van der Waals surface area contributed by atoms with Crippen LogP contribution >= 0.6 is 0 Å². The van der Waals surface area contributed by atoms with Crippen molar-refractivity contribution in [3.05, 3.63) is 34.9 Å². The van der Waals surface area contributed by atoms with Gasteiger partial charge in [0.15, 0.2) is 0 Å².